The van der Waals surface area contributed by atoms with Crippen LogP contribution in [0.25, 0.3) is 0 Å². The van der Waals surface area contributed by atoms with Crippen LogP contribution in [0.4, 0.5) is 0 Å². The largest absolute Gasteiger partial charge is 0.466 e. The molecule has 0 aromatic carbocycles. The summed E-state index contributed by atoms with van der Waals surface area (Å²) in [7, 11) is 0. The second-order valence-corrected chi connectivity index (χ2v) is 16.8. The number of nitrogens with one attached hydrogen (secondary N) is 1. The molecule has 0 fully saturated rings. The van der Waals surface area contributed by atoms with E-state index in [2.05, 4.69) is 43.5 Å². The Morgan fingerprint density at radius 3 is 1.27 bits per heavy atom. The molecule has 0 radical (unpaired) electrons. The number of rotatable bonds is 45. The molecule has 2 atom stereocenters. The van der Waals surface area contributed by atoms with E-state index < -0.39 is 12.1 Å². The summed E-state index contributed by atoms with van der Waals surface area (Å²) in [4.78, 5) is 24.4. The molecule has 0 aliphatic carbocycles. The summed E-state index contributed by atoms with van der Waals surface area (Å²) in [6, 6.07) is -0.558. The molecular weight excluding hydrogens is 695 g/mol. The standard InChI is InChI=1S/C50H95NO5/c1-3-5-7-9-11-13-14-15-16-17-18-19-20-24-28-32-36-40-44-50(55)56-45-41-37-33-29-25-22-21-23-27-31-35-39-43-49(54)51-47(46-52)48(53)42-38-34-30-26-12-10-8-6-4-2/h16-17,22,25,47-48,52-53H,3-15,18-21,23-24,26-46H2,1-2H3,(H,51,54)/b17-16-,25-22-. The maximum absolute atomic E-state index is 12.4. The van der Waals surface area contributed by atoms with Crippen LogP contribution in [-0.4, -0.2) is 47.4 Å². The van der Waals surface area contributed by atoms with Gasteiger partial charge in [0.2, 0.25) is 5.91 Å². The van der Waals surface area contributed by atoms with Gasteiger partial charge in [-0.05, 0) is 83.5 Å². The second kappa shape index (κ2) is 46.0. The smallest absolute Gasteiger partial charge is 0.305 e. The molecule has 0 aliphatic rings. The maximum Gasteiger partial charge on any atom is 0.305 e. The van der Waals surface area contributed by atoms with Crippen molar-refractivity contribution in [3.8, 4) is 0 Å². The third-order valence-corrected chi connectivity index (χ3v) is 11.2. The molecule has 0 heterocycles. The van der Waals surface area contributed by atoms with Crippen molar-refractivity contribution < 1.29 is 24.5 Å². The van der Waals surface area contributed by atoms with E-state index in [1.165, 1.54) is 148 Å². The second-order valence-electron chi connectivity index (χ2n) is 16.8. The Balaban J connectivity index is 3.47. The van der Waals surface area contributed by atoms with Crippen molar-refractivity contribution in [1.82, 2.24) is 5.32 Å². The van der Waals surface area contributed by atoms with Gasteiger partial charge in [-0.2, -0.15) is 0 Å². The van der Waals surface area contributed by atoms with E-state index in [1.807, 2.05) is 0 Å². The van der Waals surface area contributed by atoms with Crippen LogP contribution in [0.1, 0.15) is 258 Å². The summed E-state index contributed by atoms with van der Waals surface area (Å²) in [5.41, 5.74) is 0. The highest BCUT2D eigenvalue weighted by molar-refractivity contribution is 5.76. The molecule has 0 aromatic rings. The van der Waals surface area contributed by atoms with Gasteiger partial charge in [-0.1, -0.05) is 186 Å². The van der Waals surface area contributed by atoms with Crippen LogP contribution in [-0.2, 0) is 14.3 Å². The fourth-order valence-corrected chi connectivity index (χ4v) is 7.39. The predicted octanol–water partition coefficient (Wildman–Crippen LogP) is 14.3. The number of carbonyl (C=O) groups excluding carboxylic acids is 2. The van der Waals surface area contributed by atoms with Gasteiger partial charge < -0.3 is 20.3 Å². The van der Waals surface area contributed by atoms with Gasteiger partial charge in [-0.3, -0.25) is 9.59 Å². The lowest BCUT2D eigenvalue weighted by Gasteiger charge is -2.22. The molecule has 6 heteroatoms. The van der Waals surface area contributed by atoms with Crippen molar-refractivity contribution in [2.75, 3.05) is 13.2 Å². The minimum Gasteiger partial charge on any atom is -0.466 e. The molecule has 0 aromatic heterocycles. The molecule has 1 amide bonds. The molecule has 0 saturated carbocycles. The normalized spacial score (nSPS) is 12.9. The highest BCUT2D eigenvalue weighted by atomic mass is 16.5. The highest BCUT2D eigenvalue weighted by Crippen LogP contribution is 2.15. The number of unbranched alkanes of at least 4 members (excludes halogenated alkanes) is 30. The van der Waals surface area contributed by atoms with Crippen molar-refractivity contribution in [1.29, 1.82) is 0 Å². The Kier molecular flexibility index (Phi) is 44.7. The topological polar surface area (TPSA) is 95.9 Å². The van der Waals surface area contributed by atoms with Crippen LogP contribution >= 0.6 is 0 Å². The van der Waals surface area contributed by atoms with Crippen molar-refractivity contribution in [2.45, 2.75) is 270 Å². The van der Waals surface area contributed by atoms with E-state index >= 15 is 0 Å². The molecule has 0 aliphatic heterocycles. The van der Waals surface area contributed by atoms with Crippen molar-refractivity contribution in [2.24, 2.45) is 0 Å². The Morgan fingerprint density at radius 1 is 0.482 bits per heavy atom. The van der Waals surface area contributed by atoms with Crippen molar-refractivity contribution in [3.05, 3.63) is 24.3 Å². The number of aliphatic hydroxyl groups excluding tert-OH is 2. The average molecular weight is 790 g/mol. The Labute approximate surface area is 348 Å². The number of esters is 1. The van der Waals surface area contributed by atoms with E-state index in [0.29, 0.717) is 25.9 Å². The summed E-state index contributed by atoms with van der Waals surface area (Å²) < 4.78 is 5.45. The summed E-state index contributed by atoms with van der Waals surface area (Å²) in [6.45, 7) is 4.86. The van der Waals surface area contributed by atoms with E-state index in [1.54, 1.807) is 0 Å². The lowest BCUT2D eigenvalue weighted by Crippen LogP contribution is -2.45. The fourth-order valence-electron chi connectivity index (χ4n) is 7.39. The SMILES string of the molecule is CCCCCCCCC/C=C\CCCCCCCCCC(=O)OCCCCC/C=C\CCCCCCCC(=O)NC(CO)C(O)CCCCCCCCCCC. The van der Waals surface area contributed by atoms with Crippen LogP contribution in [0.3, 0.4) is 0 Å². The van der Waals surface area contributed by atoms with Gasteiger partial charge in [0.25, 0.3) is 0 Å². The molecule has 0 spiro atoms. The van der Waals surface area contributed by atoms with E-state index in [4.69, 9.17) is 4.74 Å². The molecule has 6 nitrogen and oxygen atoms in total. The first kappa shape index (κ1) is 54.3. The molecule has 0 saturated heterocycles. The van der Waals surface area contributed by atoms with E-state index in [-0.39, 0.29) is 18.5 Å². The predicted molar refractivity (Wildman–Crippen MR) is 241 cm³/mol. The fraction of sp³-hybridized carbons (Fsp3) is 0.880. The molecular formula is C50H95NO5. The van der Waals surface area contributed by atoms with Crippen LogP contribution < -0.4 is 5.32 Å². The van der Waals surface area contributed by atoms with Gasteiger partial charge in [0.05, 0.1) is 25.4 Å². The van der Waals surface area contributed by atoms with Crippen LogP contribution in [0.15, 0.2) is 24.3 Å². The summed E-state index contributed by atoms with van der Waals surface area (Å²) in [5, 5.41) is 23.0. The van der Waals surface area contributed by atoms with Crippen LogP contribution in [0.2, 0.25) is 0 Å². The highest BCUT2D eigenvalue weighted by Gasteiger charge is 2.20. The van der Waals surface area contributed by atoms with Gasteiger partial charge in [0.1, 0.15) is 0 Å². The Morgan fingerprint density at radius 2 is 0.839 bits per heavy atom. The lowest BCUT2D eigenvalue weighted by molar-refractivity contribution is -0.143. The minimum absolute atomic E-state index is 0.0265. The van der Waals surface area contributed by atoms with E-state index in [9.17, 15) is 19.8 Å². The summed E-state index contributed by atoms with van der Waals surface area (Å²) >= 11 is 0. The van der Waals surface area contributed by atoms with Crippen molar-refractivity contribution >= 4 is 11.9 Å². The third kappa shape index (κ3) is 42.0. The Bertz CT molecular complexity index is 874. The molecule has 2 unspecified atom stereocenters. The van der Waals surface area contributed by atoms with Crippen LogP contribution in [0, 0.1) is 0 Å². The number of ether oxygens (including phenoxy) is 1. The van der Waals surface area contributed by atoms with Crippen molar-refractivity contribution in [3.63, 3.8) is 0 Å². The first-order valence-electron chi connectivity index (χ1n) is 24.6. The van der Waals surface area contributed by atoms with Gasteiger partial charge in [0, 0.05) is 12.8 Å². The zero-order valence-corrected chi connectivity index (χ0v) is 37.4. The van der Waals surface area contributed by atoms with E-state index in [0.717, 1.165) is 77.0 Å². The average Bonchev–Trinajstić information content (AvgIpc) is 3.20. The van der Waals surface area contributed by atoms with Crippen LogP contribution in [0.5, 0.6) is 0 Å². The quantitative estimate of drug-likeness (QED) is 0.0324. The first-order valence-corrected chi connectivity index (χ1v) is 24.6. The zero-order chi connectivity index (χ0) is 40.8. The number of amides is 1. The maximum atomic E-state index is 12.4. The third-order valence-electron chi connectivity index (χ3n) is 11.2. The number of hydrogen-bond acceptors (Lipinski definition) is 5. The summed E-state index contributed by atoms with van der Waals surface area (Å²) in [5.74, 6) is -0.0906. The van der Waals surface area contributed by atoms with Gasteiger partial charge in [0.15, 0.2) is 0 Å². The summed E-state index contributed by atoms with van der Waals surface area (Å²) in [6.07, 6.45) is 52.9. The number of allylic oxidation sites excluding steroid dienone is 4. The number of aliphatic hydroxyl groups is 2. The lowest BCUT2D eigenvalue weighted by atomic mass is 10.0. The minimum atomic E-state index is -0.678. The molecule has 330 valence electrons. The number of hydrogen-bond donors (Lipinski definition) is 3. The van der Waals surface area contributed by atoms with Gasteiger partial charge in [-0.25, -0.2) is 0 Å². The van der Waals surface area contributed by atoms with Gasteiger partial charge >= 0.3 is 5.97 Å². The van der Waals surface area contributed by atoms with Gasteiger partial charge in [-0.15, -0.1) is 0 Å². The molecule has 0 rings (SSSR count). The number of carbonyl (C=O) groups is 2. The molecule has 56 heavy (non-hydrogen) atoms. The monoisotopic (exact) mass is 790 g/mol. The first-order chi connectivity index (χ1) is 27.5. The molecule has 0 bridgehead atoms. The Hall–Kier alpha value is -1.66. The molecule has 3 N–H and O–H groups in total. The zero-order valence-electron chi connectivity index (χ0n) is 37.4.